The third-order valence-corrected chi connectivity index (χ3v) is 5.04. The zero-order valence-corrected chi connectivity index (χ0v) is 16.0. The van der Waals surface area contributed by atoms with Gasteiger partial charge in [-0.3, -0.25) is 10.1 Å². The maximum atomic E-state index is 5.31. The first-order chi connectivity index (χ1) is 12.6. The van der Waals surface area contributed by atoms with Crippen LogP contribution in [0.5, 0.6) is 0 Å². The molecule has 1 saturated carbocycles. The third kappa shape index (κ3) is 4.65. The van der Waals surface area contributed by atoms with Crippen LogP contribution in [0.2, 0.25) is 0 Å². The number of nitrogens with zero attached hydrogens (tertiary/aromatic N) is 3. The molecule has 0 unspecified atom stereocenters. The van der Waals surface area contributed by atoms with Crippen LogP contribution in [0.1, 0.15) is 45.4 Å². The highest BCUT2D eigenvalue weighted by atomic mass is 16.3. The lowest BCUT2D eigenvalue weighted by molar-refractivity contribution is 0.104. The van der Waals surface area contributed by atoms with Crippen LogP contribution in [-0.2, 0) is 6.42 Å². The Kier molecular flexibility index (Phi) is 5.96. The fourth-order valence-corrected chi connectivity index (χ4v) is 3.71. The number of nitrogens with one attached hydrogen (secondary N) is 3. The Bertz CT molecular complexity index is 699. The highest BCUT2D eigenvalue weighted by Gasteiger charge is 2.37. The van der Waals surface area contributed by atoms with Crippen molar-refractivity contribution in [2.24, 2.45) is 16.3 Å². The van der Waals surface area contributed by atoms with Crippen molar-refractivity contribution in [3.05, 3.63) is 24.2 Å². The molecule has 2 heterocycles. The van der Waals surface area contributed by atoms with E-state index < -0.39 is 0 Å². The van der Waals surface area contributed by atoms with Crippen LogP contribution in [0.3, 0.4) is 0 Å². The van der Waals surface area contributed by atoms with E-state index in [1.807, 2.05) is 19.2 Å². The first-order valence-corrected chi connectivity index (χ1v) is 9.50. The van der Waals surface area contributed by atoms with Crippen molar-refractivity contribution in [1.29, 1.82) is 0 Å². The van der Waals surface area contributed by atoms with Crippen molar-refractivity contribution in [2.75, 3.05) is 20.1 Å². The molecule has 0 aromatic carbocycles. The molecule has 0 saturated heterocycles. The zero-order valence-electron chi connectivity index (χ0n) is 16.0. The van der Waals surface area contributed by atoms with Gasteiger partial charge in [0.15, 0.2) is 11.7 Å². The molecule has 2 aromatic rings. The molecule has 7 nitrogen and oxygen atoms in total. The SMILES string of the molecule is CN=C(NCCc1nc(-c2ccco2)n[nH]1)NCC1(CC(C)C)CCC1. The molecule has 0 radical (unpaired) electrons. The van der Waals surface area contributed by atoms with E-state index in [0.717, 1.165) is 37.2 Å². The fourth-order valence-electron chi connectivity index (χ4n) is 3.71. The van der Waals surface area contributed by atoms with E-state index in [4.69, 9.17) is 4.42 Å². The number of hydrogen-bond acceptors (Lipinski definition) is 4. The number of aliphatic imine (C=N–C) groups is 1. The number of H-pyrrole nitrogens is 1. The van der Waals surface area contributed by atoms with Crippen LogP contribution < -0.4 is 10.6 Å². The second-order valence-corrected chi connectivity index (χ2v) is 7.64. The molecule has 0 aliphatic heterocycles. The van der Waals surface area contributed by atoms with Crippen molar-refractivity contribution in [1.82, 2.24) is 25.8 Å². The minimum Gasteiger partial charge on any atom is -0.461 e. The van der Waals surface area contributed by atoms with Crippen molar-refractivity contribution in [3.8, 4) is 11.6 Å². The third-order valence-electron chi connectivity index (χ3n) is 5.04. The summed E-state index contributed by atoms with van der Waals surface area (Å²) in [5.41, 5.74) is 0.453. The molecule has 0 spiro atoms. The van der Waals surface area contributed by atoms with Crippen LogP contribution in [0.25, 0.3) is 11.6 Å². The zero-order chi connectivity index (χ0) is 18.4. The van der Waals surface area contributed by atoms with Crippen LogP contribution in [-0.4, -0.2) is 41.3 Å². The minimum absolute atomic E-state index is 0.453. The van der Waals surface area contributed by atoms with Gasteiger partial charge in [0.25, 0.3) is 0 Å². The number of hydrogen-bond donors (Lipinski definition) is 3. The average molecular weight is 358 g/mol. The van der Waals surface area contributed by atoms with E-state index in [1.165, 1.54) is 25.7 Å². The first kappa shape index (κ1) is 18.5. The van der Waals surface area contributed by atoms with Gasteiger partial charge in [0.2, 0.25) is 5.82 Å². The topological polar surface area (TPSA) is 91.1 Å². The Morgan fingerprint density at radius 2 is 2.23 bits per heavy atom. The van der Waals surface area contributed by atoms with Crippen molar-refractivity contribution in [3.63, 3.8) is 0 Å². The Morgan fingerprint density at radius 1 is 1.38 bits per heavy atom. The van der Waals surface area contributed by atoms with Crippen molar-refractivity contribution < 1.29 is 4.42 Å². The predicted octanol–water partition coefficient (Wildman–Crippen LogP) is 2.99. The fraction of sp³-hybridized carbons (Fsp3) is 0.632. The lowest BCUT2D eigenvalue weighted by Crippen LogP contribution is -2.47. The second-order valence-electron chi connectivity index (χ2n) is 7.64. The Hall–Kier alpha value is -2.31. The van der Waals surface area contributed by atoms with Gasteiger partial charge in [-0.1, -0.05) is 20.3 Å². The molecule has 0 atom stereocenters. The maximum Gasteiger partial charge on any atom is 0.216 e. The minimum atomic E-state index is 0.453. The summed E-state index contributed by atoms with van der Waals surface area (Å²) in [4.78, 5) is 8.79. The average Bonchev–Trinajstić information content (AvgIpc) is 3.25. The van der Waals surface area contributed by atoms with Crippen molar-refractivity contribution >= 4 is 5.96 Å². The van der Waals surface area contributed by atoms with Crippen LogP contribution in [0, 0.1) is 11.3 Å². The van der Waals surface area contributed by atoms with Gasteiger partial charge < -0.3 is 15.1 Å². The molecule has 7 heteroatoms. The van der Waals surface area contributed by atoms with Crippen LogP contribution in [0.15, 0.2) is 27.8 Å². The van der Waals surface area contributed by atoms with E-state index in [1.54, 1.807) is 6.26 Å². The molecule has 0 bridgehead atoms. The molecule has 2 aromatic heterocycles. The maximum absolute atomic E-state index is 5.31. The summed E-state index contributed by atoms with van der Waals surface area (Å²) < 4.78 is 5.31. The predicted molar refractivity (Wildman–Crippen MR) is 103 cm³/mol. The van der Waals surface area contributed by atoms with Gasteiger partial charge in [-0.25, -0.2) is 4.98 Å². The molecular formula is C19H30N6O. The lowest BCUT2D eigenvalue weighted by Gasteiger charge is -2.43. The highest BCUT2D eigenvalue weighted by Crippen LogP contribution is 2.45. The van der Waals surface area contributed by atoms with Gasteiger partial charge in [0.05, 0.1) is 6.26 Å². The number of guanidine groups is 1. The summed E-state index contributed by atoms with van der Waals surface area (Å²) in [5.74, 6) is 3.68. The van der Waals surface area contributed by atoms with Gasteiger partial charge in [-0.05, 0) is 42.7 Å². The summed E-state index contributed by atoms with van der Waals surface area (Å²) in [6.45, 7) is 6.35. The second kappa shape index (κ2) is 8.38. The van der Waals surface area contributed by atoms with E-state index in [0.29, 0.717) is 17.0 Å². The van der Waals surface area contributed by atoms with E-state index in [-0.39, 0.29) is 0 Å². The molecule has 142 valence electrons. The molecular weight excluding hydrogens is 328 g/mol. The normalized spacial score (nSPS) is 16.5. The first-order valence-electron chi connectivity index (χ1n) is 9.50. The van der Waals surface area contributed by atoms with E-state index in [9.17, 15) is 0 Å². The van der Waals surface area contributed by atoms with Gasteiger partial charge in [-0.2, -0.15) is 5.10 Å². The summed E-state index contributed by atoms with van der Waals surface area (Å²) in [5, 5.41) is 14.0. The monoisotopic (exact) mass is 358 g/mol. The van der Waals surface area contributed by atoms with E-state index in [2.05, 4.69) is 44.7 Å². The van der Waals surface area contributed by atoms with Crippen LogP contribution >= 0.6 is 0 Å². The summed E-state index contributed by atoms with van der Waals surface area (Å²) >= 11 is 0. The quantitative estimate of drug-likeness (QED) is 0.498. The van der Waals surface area contributed by atoms with Gasteiger partial charge in [0, 0.05) is 26.6 Å². The Labute approximate surface area is 155 Å². The molecule has 1 fully saturated rings. The Morgan fingerprint density at radius 3 is 2.85 bits per heavy atom. The smallest absolute Gasteiger partial charge is 0.216 e. The highest BCUT2D eigenvalue weighted by molar-refractivity contribution is 5.79. The summed E-state index contributed by atoms with van der Waals surface area (Å²) in [6, 6.07) is 3.68. The standard InChI is InChI=1S/C19H30N6O/c1-14(2)12-19(8-5-9-19)13-22-18(20-3)21-10-7-16-23-17(25-24-16)15-6-4-11-26-15/h4,6,11,14H,5,7-10,12-13H2,1-3H3,(H2,20,21,22)(H,23,24,25). The molecule has 1 aliphatic rings. The molecule has 0 amide bonds. The lowest BCUT2D eigenvalue weighted by atomic mass is 9.64. The van der Waals surface area contributed by atoms with Gasteiger partial charge in [0.1, 0.15) is 5.82 Å². The molecule has 3 N–H and O–H groups in total. The Balaban J connectivity index is 1.43. The van der Waals surface area contributed by atoms with Crippen molar-refractivity contribution in [2.45, 2.75) is 46.0 Å². The number of aromatic amines is 1. The van der Waals surface area contributed by atoms with E-state index >= 15 is 0 Å². The van der Waals surface area contributed by atoms with Gasteiger partial charge in [-0.15, -0.1) is 0 Å². The van der Waals surface area contributed by atoms with Crippen LogP contribution in [0.4, 0.5) is 0 Å². The largest absolute Gasteiger partial charge is 0.461 e. The number of aromatic nitrogens is 3. The van der Waals surface area contributed by atoms with Gasteiger partial charge >= 0.3 is 0 Å². The molecule has 1 aliphatic carbocycles. The summed E-state index contributed by atoms with van der Waals surface area (Å²) in [6.07, 6.45) is 7.64. The summed E-state index contributed by atoms with van der Waals surface area (Å²) in [7, 11) is 1.81. The number of furan rings is 1. The molecule has 26 heavy (non-hydrogen) atoms. The number of rotatable bonds is 8. The molecule has 3 rings (SSSR count).